The second-order valence-electron chi connectivity index (χ2n) is 17.4. The molecule has 0 radical (unpaired) electrons. The number of amides is 1. The molecule has 1 amide bonds. The molecule has 0 saturated heterocycles. The number of hydrogen-bond donors (Lipinski definition) is 4. The summed E-state index contributed by atoms with van der Waals surface area (Å²) in [6, 6.07) is -0.829. The first-order valence-corrected chi connectivity index (χ1v) is 25.3. The van der Waals surface area contributed by atoms with Gasteiger partial charge in [-0.25, -0.2) is 0 Å². The van der Waals surface area contributed by atoms with Crippen LogP contribution in [0, 0.1) is 0 Å². The monoisotopic (exact) mass is 802 g/mol. The number of carbonyl (C=O) groups excluding carboxylic acids is 1. The van der Waals surface area contributed by atoms with E-state index in [-0.39, 0.29) is 12.5 Å². The summed E-state index contributed by atoms with van der Waals surface area (Å²) in [6.07, 6.45) is 60.2. The van der Waals surface area contributed by atoms with E-state index in [1.165, 1.54) is 186 Å². The number of unbranched alkanes of at least 4 members (excludes halogenated alkanes) is 32. The highest BCUT2D eigenvalue weighted by Gasteiger charge is 2.26. The maximum absolute atomic E-state index is 12.4. The summed E-state index contributed by atoms with van der Waals surface area (Å²) in [7, 11) is 0. The van der Waals surface area contributed by atoms with Crippen LogP contribution in [0.15, 0.2) is 36.5 Å². The van der Waals surface area contributed by atoms with Gasteiger partial charge in [-0.2, -0.15) is 0 Å². The van der Waals surface area contributed by atoms with Gasteiger partial charge in [0.1, 0.15) is 6.10 Å². The van der Waals surface area contributed by atoms with Gasteiger partial charge in [0.2, 0.25) is 5.91 Å². The molecule has 5 nitrogen and oxygen atoms in total. The third-order valence-electron chi connectivity index (χ3n) is 11.7. The molecular weight excluding hydrogens is 703 g/mol. The van der Waals surface area contributed by atoms with Crippen LogP contribution in [0.25, 0.3) is 0 Å². The SMILES string of the molecule is CCC/C=C/CC/C=C/CCCC(O)C(O)C(CO)NC(=O)CCCCCCCCCCCCCCCCCCC/C=C\CCCCCCCCCCCCCC. The zero-order valence-corrected chi connectivity index (χ0v) is 38.2. The third-order valence-corrected chi connectivity index (χ3v) is 11.7. The summed E-state index contributed by atoms with van der Waals surface area (Å²) < 4.78 is 0. The van der Waals surface area contributed by atoms with E-state index in [2.05, 4.69) is 55.6 Å². The number of allylic oxidation sites excluding steroid dienone is 6. The van der Waals surface area contributed by atoms with Gasteiger partial charge in [0, 0.05) is 6.42 Å². The van der Waals surface area contributed by atoms with Gasteiger partial charge in [-0.3, -0.25) is 4.79 Å². The van der Waals surface area contributed by atoms with Crippen LogP contribution in [0.4, 0.5) is 0 Å². The zero-order chi connectivity index (χ0) is 41.5. The normalized spacial score (nSPS) is 13.7. The van der Waals surface area contributed by atoms with Crippen molar-refractivity contribution in [2.45, 2.75) is 283 Å². The molecule has 3 unspecified atom stereocenters. The van der Waals surface area contributed by atoms with Crippen molar-refractivity contribution < 1.29 is 20.1 Å². The van der Waals surface area contributed by atoms with Crippen molar-refractivity contribution in [2.75, 3.05) is 6.61 Å². The fraction of sp³-hybridized carbons (Fsp3) is 0.865. The second kappa shape index (κ2) is 47.3. The number of aliphatic hydroxyl groups is 3. The van der Waals surface area contributed by atoms with Crippen LogP contribution >= 0.6 is 0 Å². The Labute approximate surface area is 355 Å². The molecule has 5 heteroatoms. The number of aliphatic hydroxyl groups excluding tert-OH is 3. The summed E-state index contributed by atoms with van der Waals surface area (Å²) in [4.78, 5) is 12.4. The van der Waals surface area contributed by atoms with Crippen molar-refractivity contribution in [3.05, 3.63) is 36.5 Å². The van der Waals surface area contributed by atoms with Gasteiger partial charge in [-0.05, 0) is 70.6 Å². The highest BCUT2D eigenvalue weighted by molar-refractivity contribution is 5.76. The largest absolute Gasteiger partial charge is 0.394 e. The van der Waals surface area contributed by atoms with Gasteiger partial charge in [0.05, 0.1) is 18.8 Å². The highest BCUT2D eigenvalue weighted by Crippen LogP contribution is 2.16. The first-order chi connectivity index (χ1) is 28.1. The van der Waals surface area contributed by atoms with Crippen LogP contribution in [-0.2, 0) is 4.79 Å². The van der Waals surface area contributed by atoms with Crippen molar-refractivity contribution in [1.82, 2.24) is 5.32 Å². The molecule has 0 fully saturated rings. The maximum Gasteiger partial charge on any atom is 0.220 e. The minimum atomic E-state index is -1.16. The molecule has 0 aliphatic heterocycles. The molecule has 0 aromatic rings. The number of nitrogens with one attached hydrogen (secondary N) is 1. The summed E-state index contributed by atoms with van der Waals surface area (Å²) in [5.41, 5.74) is 0. The number of rotatable bonds is 46. The lowest BCUT2D eigenvalue weighted by Crippen LogP contribution is -2.50. The molecule has 4 N–H and O–H groups in total. The molecule has 0 heterocycles. The predicted molar refractivity (Wildman–Crippen MR) is 250 cm³/mol. The molecule has 336 valence electrons. The first kappa shape index (κ1) is 55.6. The molecule has 0 aliphatic carbocycles. The van der Waals surface area contributed by atoms with E-state index < -0.39 is 18.2 Å². The van der Waals surface area contributed by atoms with E-state index in [1.807, 2.05) is 0 Å². The standard InChI is InChI=1S/C52H99NO4/c1-3-5-7-9-11-13-15-16-17-18-19-20-21-22-23-24-25-26-27-28-29-30-31-32-33-34-35-36-37-39-41-43-45-47-51(56)53-49(48-54)52(57)50(55)46-44-42-40-38-14-12-10-8-6-4-2/h8,10,22-23,38,40,49-50,52,54-55,57H,3-7,9,11-21,24-37,39,41-48H2,1-2H3,(H,53,56)/b10-8+,23-22-,40-38+. The minimum absolute atomic E-state index is 0.158. The average molecular weight is 802 g/mol. The van der Waals surface area contributed by atoms with Gasteiger partial charge < -0.3 is 20.6 Å². The summed E-state index contributed by atoms with van der Waals surface area (Å²) in [5.74, 6) is -0.158. The Morgan fingerprint density at radius 3 is 1.14 bits per heavy atom. The summed E-state index contributed by atoms with van der Waals surface area (Å²) >= 11 is 0. The molecule has 0 rings (SSSR count). The van der Waals surface area contributed by atoms with Gasteiger partial charge in [0.15, 0.2) is 0 Å². The molecule has 0 aromatic carbocycles. The quantitative estimate of drug-likeness (QED) is 0.0365. The van der Waals surface area contributed by atoms with E-state index in [1.54, 1.807) is 0 Å². The molecule has 0 bridgehead atoms. The van der Waals surface area contributed by atoms with Gasteiger partial charge in [0.25, 0.3) is 0 Å². The highest BCUT2D eigenvalue weighted by atomic mass is 16.3. The maximum atomic E-state index is 12.4. The second-order valence-corrected chi connectivity index (χ2v) is 17.4. The summed E-state index contributed by atoms with van der Waals surface area (Å²) in [5, 5.41) is 33.4. The van der Waals surface area contributed by atoms with Crippen LogP contribution in [-0.4, -0.2) is 46.1 Å². The van der Waals surface area contributed by atoms with E-state index in [0.29, 0.717) is 12.8 Å². The topological polar surface area (TPSA) is 89.8 Å². The van der Waals surface area contributed by atoms with Gasteiger partial charge in [-0.1, -0.05) is 224 Å². The molecule has 0 spiro atoms. The van der Waals surface area contributed by atoms with E-state index in [9.17, 15) is 20.1 Å². The average Bonchev–Trinajstić information content (AvgIpc) is 3.22. The van der Waals surface area contributed by atoms with Crippen LogP contribution < -0.4 is 5.32 Å². The van der Waals surface area contributed by atoms with Crippen LogP contribution in [0.2, 0.25) is 0 Å². The minimum Gasteiger partial charge on any atom is -0.394 e. The van der Waals surface area contributed by atoms with E-state index in [4.69, 9.17) is 0 Å². The Morgan fingerprint density at radius 2 is 0.754 bits per heavy atom. The first-order valence-electron chi connectivity index (χ1n) is 25.3. The molecule has 0 saturated carbocycles. The molecule has 0 aromatic heterocycles. The zero-order valence-electron chi connectivity index (χ0n) is 38.2. The van der Waals surface area contributed by atoms with Crippen molar-refractivity contribution in [3.63, 3.8) is 0 Å². The molecule has 0 aliphatic rings. The predicted octanol–water partition coefficient (Wildman–Crippen LogP) is 15.1. The third kappa shape index (κ3) is 42.5. The smallest absolute Gasteiger partial charge is 0.220 e. The van der Waals surface area contributed by atoms with Crippen molar-refractivity contribution in [3.8, 4) is 0 Å². The van der Waals surface area contributed by atoms with Crippen molar-refractivity contribution in [2.24, 2.45) is 0 Å². The Kier molecular flexibility index (Phi) is 46.1. The Hall–Kier alpha value is -1.43. The lowest BCUT2D eigenvalue weighted by atomic mass is 10.0. The lowest BCUT2D eigenvalue weighted by Gasteiger charge is -2.26. The van der Waals surface area contributed by atoms with Gasteiger partial charge in [-0.15, -0.1) is 0 Å². The van der Waals surface area contributed by atoms with Gasteiger partial charge >= 0.3 is 0 Å². The van der Waals surface area contributed by atoms with Crippen molar-refractivity contribution in [1.29, 1.82) is 0 Å². The molecular formula is C52H99NO4. The lowest BCUT2D eigenvalue weighted by molar-refractivity contribution is -0.124. The van der Waals surface area contributed by atoms with Crippen LogP contribution in [0.3, 0.4) is 0 Å². The Bertz CT molecular complexity index is 885. The fourth-order valence-electron chi connectivity index (χ4n) is 7.77. The van der Waals surface area contributed by atoms with Crippen molar-refractivity contribution >= 4 is 5.91 Å². The van der Waals surface area contributed by atoms with E-state index >= 15 is 0 Å². The van der Waals surface area contributed by atoms with E-state index in [0.717, 1.165) is 51.4 Å². The van der Waals surface area contributed by atoms with Crippen LogP contribution in [0.5, 0.6) is 0 Å². The Balaban J connectivity index is 3.47. The number of carbonyl (C=O) groups is 1. The number of hydrogen-bond acceptors (Lipinski definition) is 4. The van der Waals surface area contributed by atoms with Crippen LogP contribution in [0.1, 0.15) is 264 Å². The molecule has 57 heavy (non-hydrogen) atoms. The fourth-order valence-corrected chi connectivity index (χ4v) is 7.77. The Morgan fingerprint density at radius 1 is 0.421 bits per heavy atom. The summed E-state index contributed by atoms with van der Waals surface area (Å²) in [6.45, 7) is 4.09. The molecule has 3 atom stereocenters.